The molecule has 1 aromatic rings. The van der Waals surface area contributed by atoms with Crippen LogP contribution in [0.25, 0.3) is 0 Å². The number of hydrogen-bond donors (Lipinski definition) is 0. The van der Waals surface area contributed by atoms with Gasteiger partial charge in [0.05, 0.1) is 19.1 Å². The lowest BCUT2D eigenvalue weighted by Crippen LogP contribution is -2.50. The Kier molecular flexibility index (Phi) is 4.96. The van der Waals surface area contributed by atoms with Crippen molar-refractivity contribution < 1.29 is 14.3 Å². The third-order valence-corrected chi connectivity index (χ3v) is 4.84. The average Bonchev–Trinajstić information content (AvgIpc) is 2.62. The molecule has 124 valence electrons. The molecule has 2 saturated heterocycles. The number of morpholine rings is 1. The Bertz CT molecular complexity index is 555. The third kappa shape index (κ3) is 3.72. The Morgan fingerprint density at radius 2 is 1.74 bits per heavy atom. The molecule has 2 atom stereocenters. The van der Waals surface area contributed by atoms with Gasteiger partial charge >= 0.3 is 0 Å². The van der Waals surface area contributed by atoms with Gasteiger partial charge in [-0.1, -0.05) is 30.3 Å². The first-order chi connectivity index (χ1) is 11.1. The summed E-state index contributed by atoms with van der Waals surface area (Å²) in [6.07, 6.45) is 0.810. The highest BCUT2D eigenvalue weighted by Crippen LogP contribution is 2.31. The Hall–Kier alpha value is -1.88. The van der Waals surface area contributed by atoms with Crippen LogP contribution in [0.1, 0.15) is 24.8 Å². The van der Waals surface area contributed by atoms with Gasteiger partial charge < -0.3 is 14.5 Å². The highest BCUT2D eigenvalue weighted by atomic mass is 16.5. The normalized spacial score (nSPS) is 25.3. The molecule has 0 aliphatic carbocycles. The third-order valence-electron chi connectivity index (χ3n) is 4.84. The van der Waals surface area contributed by atoms with E-state index in [9.17, 15) is 9.59 Å². The topological polar surface area (TPSA) is 49.9 Å². The van der Waals surface area contributed by atoms with E-state index in [1.807, 2.05) is 28.0 Å². The van der Waals surface area contributed by atoms with Crippen molar-refractivity contribution in [2.24, 2.45) is 5.92 Å². The number of amides is 2. The molecular weight excluding hydrogens is 292 g/mol. The van der Waals surface area contributed by atoms with Crippen LogP contribution < -0.4 is 0 Å². The minimum Gasteiger partial charge on any atom is -0.378 e. The van der Waals surface area contributed by atoms with Gasteiger partial charge in [-0.15, -0.1) is 0 Å². The molecule has 5 nitrogen and oxygen atoms in total. The molecule has 1 aromatic carbocycles. The zero-order valence-corrected chi connectivity index (χ0v) is 13.6. The van der Waals surface area contributed by atoms with E-state index in [1.165, 1.54) is 5.56 Å². The van der Waals surface area contributed by atoms with Crippen molar-refractivity contribution in [1.82, 2.24) is 9.80 Å². The second-order valence-electron chi connectivity index (χ2n) is 6.40. The van der Waals surface area contributed by atoms with Crippen LogP contribution >= 0.6 is 0 Å². The Morgan fingerprint density at radius 3 is 2.39 bits per heavy atom. The van der Waals surface area contributed by atoms with Gasteiger partial charge in [0.25, 0.3) is 0 Å². The maximum absolute atomic E-state index is 12.8. The van der Waals surface area contributed by atoms with E-state index in [1.54, 1.807) is 6.92 Å². The fraction of sp³-hybridized carbons (Fsp3) is 0.556. The first kappa shape index (κ1) is 16.0. The van der Waals surface area contributed by atoms with Crippen molar-refractivity contribution in [3.8, 4) is 0 Å². The van der Waals surface area contributed by atoms with Gasteiger partial charge in [0, 0.05) is 39.0 Å². The molecule has 2 unspecified atom stereocenters. The first-order valence-electron chi connectivity index (χ1n) is 8.32. The van der Waals surface area contributed by atoms with Gasteiger partial charge in [0.15, 0.2) is 0 Å². The molecule has 2 aliphatic heterocycles. The number of carbonyl (C=O) groups excluding carboxylic acids is 2. The standard InChI is InChI=1S/C18H24N2O3/c1-14(21)20-12-16(15-5-3-2-4-6-15)11-17(13-20)18(22)19-7-9-23-10-8-19/h2-6,16-17H,7-13H2,1H3. The second kappa shape index (κ2) is 7.13. The minimum absolute atomic E-state index is 0.0467. The van der Waals surface area contributed by atoms with Gasteiger partial charge in [-0.3, -0.25) is 9.59 Å². The van der Waals surface area contributed by atoms with E-state index in [0.29, 0.717) is 39.4 Å². The molecule has 2 fully saturated rings. The zero-order valence-electron chi connectivity index (χ0n) is 13.6. The molecule has 2 amide bonds. The van der Waals surface area contributed by atoms with Crippen LogP contribution in [0.5, 0.6) is 0 Å². The maximum Gasteiger partial charge on any atom is 0.227 e. The van der Waals surface area contributed by atoms with E-state index in [0.717, 1.165) is 6.42 Å². The summed E-state index contributed by atoms with van der Waals surface area (Å²) in [5, 5.41) is 0. The number of carbonyl (C=O) groups is 2. The van der Waals surface area contributed by atoms with Crippen LogP contribution in [0.15, 0.2) is 30.3 Å². The number of hydrogen-bond acceptors (Lipinski definition) is 3. The van der Waals surface area contributed by atoms with Crippen molar-refractivity contribution in [2.75, 3.05) is 39.4 Å². The smallest absolute Gasteiger partial charge is 0.227 e. The fourth-order valence-corrected chi connectivity index (χ4v) is 3.54. The number of ether oxygens (including phenoxy) is 1. The molecule has 23 heavy (non-hydrogen) atoms. The highest BCUT2D eigenvalue weighted by Gasteiger charge is 2.35. The number of piperidine rings is 1. The summed E-state index contributed by atoms with van der Waals surface area (Å²) in [4.78, 5) is 28.4. The SMILES string of the molecule is CC(=O)N1CC(C(=O)N2CCOCC2)CC(c2ccccc2)C1. The predicted octanol–water partition coefficient (Wildman–Crippen LogP) is 1.50. The summed E-state index contributed by atoms with van der Waals surface area (Å²) in [5.74, 6) is 0.324. The summed E-state index contributed by atoms with van der Waals surface area (Å²) < 4.78 is 5.33. The lowest BCUT2D eigenvalue weighted by Gasteiger charge is -2.39. The van der Waals surface area contributed by atoms with Crippen molar-refractivity contribution in [1.29, 1.82) is 0 Å². The van der Waals surface area contributed by atoms with E-state index >= 15 is 0 Å². The van der Waals surface area contributed by atoms with Crippen molar-refractivity contribution in [3.63, 3.8) is 0 Å². The second-order valence-corrected chi connectivity index (χ2v) is 6.40. The Labute approximate surface area is 137 Å². The van der Waals surface area contributed by atoms with Crippen LogP contribution in [0, 0.1) is 5.92 Å². The van der Waals surface area contributed by atoms with Crippen LogP contribution in [0.3, 0.4) is 0 Å². The number of benzene rings is 1. The average molecular weight is 316 g/mol. The lowest BCUT2D eigenvalue weighted by molar-refractivity contribution is -0.143. The van der Waals surface area contributed by atoms with Gasteiger partial charge in [-0.05, 0) is 12.0 Å². The van der Waals surface area contributed by atoms with Crippen LogP contribution in [-0.2, 0) is 14.3 Å². The quantitative estimate of drug-likeness (QED) is 0.831. The van der Waals surface area contributed by atoms with Gasteiger partial charge in [0.2, 0.25) is 11.8 Å². The molecular formula is C18H24N2O3. The molecule has 0 aromatic heterocycles. The van der Waals surface area contributed by atoms with Gasteiger partial charge in [-0.2, -0.15) is 0 Å². The number of rotatable bonds is 2. The first-order valence-corrected chi connectivity index (χ1v) is 8.32. The Morgan fingerprint density at radius 1 is 1.04 bits per heavy atom. The van der Waals surface area contributed by atoms with Crippen molar-refractivity contribution >= 4 is 11.8 Å². The molecule has 0 bridgehead atoms. The van der Waals surface area contributed by atoms with Crippen LogP contribution in [0.2, 0.25) is 0 Å². The maximum atomic E-state index is 12.8. The zero-order chi connectivity index (χ0) is 16.2. The van der Waals surface area contributed by atoms with Gasteiger partial charge in [-0.25, -0.2) is 0 Å². The Balaban J connectivity index is 1.76. The molecule has 3 rings (SSSR count). The number of likely N-dealkylation sites (tertiary alicyclic amines) is 1. The van der Waals surface area contributed by atoms with Crippen LogP contribution in [0.4, 0.5) is 0 Å². The number of nitrogens with zero attached hydrogens (tertiary/aromatic N) is 2. The summed E-state index contributed by atoms with van der Waals surface area (Å²) in [6.45, 7) is 5.36. The van der Waals surface area contributed by atoms with Crippen molar-refractivity contribution in [2.45, 2.75) is 19.3 Å². The summed E-state index contributed by atoms with van der Waals surface area (Å²) in [7, 11) is 0. The molecule has 2 aliphatic rings. The monoisotopic (exact) mass is 316 g/mol. The molecule has 0 radical (unpaired) electrons. The molecule has 0 N–H and O–H groups in total. The molecule has 5 heteroatoms. The molecule has 0 spiro atoms. The predicted molar refractivity (Wildman–Crippen MR) is 86.9 cm³/mol. The van der Waals surface area contributed by atoms with Crippen molar-refractivity contribution in [3.05, 3.63) is 35.9 Å². The van der Waals surface area contributed by atoms with E-state index < -0.39 is 0 Å². The lowest BCUT2D eigenvalue weighted by atomic mass is 9.83. The summed E-state index contributed by atoms with van der Waals surface area (Å²) in [5.41, 5.74) is 1.21. The summed E-state index contributed by atoms with van der Waals surface area (Å²) >= 11 is 0. The van der Waals surface area contributed by atoms with Gasteiger partial charge in [0.1, 0.15) is 0 Å². The molecule has 2 heterocycles. The minimum atomic E-state index is -0.115. The fourth-order valence-electron chi connectivity index (χ4n) is 3.54. The van der Waals surface area contributed by atoms with E-state index in [-0.39, 0.29) is 23.7 Å². The molecule has 0 saturated carbocycles. The van der Waals surface area contributed by atoms with E-state index in [4.69, 9.17) is 4.74 Å². The van der Waals surface area contributed by atoms with Crippen LogP contribution in [-0.4, -0.2) is 61.0 Å². The highest BCUT2D eigenvalue weighted by molar-refractivity contribution is 5.81. The summed E-state index contributed by atoms with van der Waals surface area (Å²) in [6, 6.07) is 10.2. The van der Waals surface area contributed by atoms with E-state index in [2.05, 4.69) is 12.1 Å². The largest absolute Gasteiger partial charge is 0.378 e.